The van der Waals surface area contributed by atoms with Gasteiger partial charge in [0, 0.05) is 14.2 Å². The summed E-state index contributed by atoms with van der Waals surface area (Å²) in [4.78, 5) is 0. The van der Waals surface area contributed by atoms with E-state index in [9.17, 15) is 10.5 Å². The summed E-state index contributed by atoms with van der Waals surface area (Å²) in [5.74, 6) is -1.31. The molecule has 0 aromatic heterocycles. The van der Waals surface area contributed by atoms with Gasteiger partial charge in [-0.05, 0) is 22.3 Å². The Hall–Kier alpha value is -2.66. The fourth-order valence-corrected chi connectivity index (χ4v) is 4.53. The number of hydrogen-bond acceptors (Lipinski definition) is 4. The molecule has 4 rings (SSSR count). The van der Waals surface area contributed by atoms with Gasteiger partial charge in [0.1, 0.15) is 5.41 Å². The first-order chi connectivity index (χ1) is 11.2. The van der Waals surface area contributed by atoms with Crippen molar-refractivity contribution in [1.29, 1.82) is 10.5 Å². The lowest BCUT2D eigenvalue weighted by atomic mass is 9.85. The van der Waals surface area contributed by atoms with Crippen LogP contribution in [0.1, 0.15) is 11.1 Å². The molecule has 2 aromatic rings. The van der Waals surface area contributed by atoms with Crippen LogP contribution in [0, 0.1) is 28.1 Å². The largest absolute Gasteiger partial charge is 0.350 e. The highest BCUT2D eigenvalue weighted by atomic mass is 16.7. The summed E-state index contributed by atoms with van der Waals surface area (Å²) >= 11 is 0. The maximum Gasteiger partial charge on any atom is 0.218 e. The third-order valence-corrected chi connectivity index (χ3v) is 5.35. The molecule has 0 bridgehead atoms. The second-order valence-electron chi connectivity index (χ2n) is 5.84. The van der Waals surface area contributed by atoms with E-state index in [0.717, 1.165) is 22.3 Å². The van der Waals surface area contributed by atoms with E-state index >= 15 is 0 Å². The van der Waals surface area contributed by atoms with Gasteiger partial charge in [0.15, 0.2) is 0 Å². The molecule has 0 N–H and O–H groups in total. The fourth-order valence-electron chi connectivity index (χ4n) is 4.53. The van der Waals surface area contributed by atoms with E-state index in [4.69, 9.17) is 9.47 Å². The van der Waals surface area contributed by atoms with E-state index in [0.29, 0.717) is 0 Å². The number of fused-ring (bicyclic) bond motifs is 5. The summed E-state index contributed by atoms with van der Waals surface area (Å²) in [7, 11) is 2.98. The van der Waals surface area contributed by atoms with Crippen molar-refractivity contribution in [2.24, 2.45) is 5.41 Å². The quantitative estimate of drug-likeness (QED) is 0.800. The molecule has 23 heavy (non-hydrogen) atoms. The molecule has 0 radical (unpaired) electrons. The summed E-state index contributed by atoms with van der Waals surface area (Å²) in [6.45, 7) is 0. The van der Waals surface area contributed by atoms with E-state index in [1.165, 1.54) is 14.2 Å². The van der Waals surface area contributed by atoms with Crippen molar-refractivity contribution in [3.05, 3.63) is 59.7 Å². The molecule has 2 aromatic carbocycles. The van der Waals surface area contributed by atoms with Crippen molar-refractivity contribution >= 4 is 0 Å². The first kappa shape index (κ1) is 14.0. The van der Waals surface area contributed by atoms with Crippen LogP contribution in [0.3, 0.4) is 0 Å². The average Bonchev–Trinajstić information content (AvgIpc) is 3.04. The van der Waals surface area contributed by atoms with Gasteiger partial charge in [-0.2, -0.15) is 10.5 Å². The van der Waals surface area contributed by atoms with E-state index < -0.39 is 16.6 Å². The molecular formula is C19H14N2O2. The topological polar surface area (TPSA) is 66.0 Å². The summed E-state index contributed by atoms with van der Waals surface area (Å²) in [6.07, 6.45) is 0. The fraction of sp³-hybridized carbons (Fsp3) is 0.263. The number of methoxy groups -OCH3 is 2. The Bertz CT molecular complexity index is 841. The Labute approximate surface area is 134 Å². The predicted octanol–water partition coefficient (Wildman–Crippen LogP) is 2.99. The van der Waals surface area contributed by atoms with Crippen molar-refractivity contribution in [2.45, 2.75) is 11.2 Å². The molecule has 4 nitrogen and oxygen atoms in total. The van der Waals surface area contributed by atoms with Crippen molar-refractivity contribution in [3.8, 4) is 23.3 Å². The third-order valence-electron chi connectivity index (χ3n) is 5.35. The van der Waals surface area contributed by atoms with Crippen LogP contribution in [0.4, 0.5) is 0 Å². The van der Waals surface area contributed by atoms with Gasteiger partial charge in [-0.3, -0.25) is 0 Å². The molecule has 0 amide bonds. The Morgan fingerprint density at radius 2 is 1.22 bits per heavy atom. The molecule has 0 unspecified atom stereocenters. The van der Waals surface area contributed by atoms with E-state index in [2.05, 4.69) is 12.1 Å². The molecule has 2 aliphatic rings. The summed E-state index contributed by atoms with van der Waals surface area (Å²) in [5.41, 5.74) is 1.51. The van der Waals surface area contributed by atoms with Crippen LogP contribution >= 0.6 is 0 Å². The molecular weight excluding hydrogens is 288 g/mol. The smallest absolute Gasteiger partial charge is 0.218 e. The van der Waals surface area contributed by atoms with Gasteiger partial charge in [0.2, 0.25) is 11.2 Å². The highest BCUT2D eigenvalue weighted by Gasteiger charge is 2.95. The summed E-state index contributed by atoms with van der Waals surface area (Å²) in [5, 5.41) is 19.8. The predicted molar refractivity (Wildman–Crippen MR) is 83.1 cm³/mol. The van der Waals surface area contributed by atoms with Crippen LogP contribution < -0.4 is 0 Å². The lowest BCUT2D eigenvalue weighted by molar-refractivity contribution is -0.152. The molecule has 0 aliphatic heterocycles. The van der Waals surface area contributed by atoms with Crippen molar-refractivity contribution in [3.63, 3.8) is 0 Å². The van der Waals surface area contributed by atoms with Crippen molar-refractivity contribution in [1.82, 2.24) is 0 Å². The number of rotatable bonds is 2. The van der Waals surface area contributed by atoms with Crippen LogP contribution in [0.25, 0.3) is 11.1 Å². The Kier molecular flexibility index (Phi) is 2.55. The van der Waals surface area contributed by atoms with Gasteiger partial charge in [-0.25, -0.2) is 0 Å². The lowest BCUT2D eigenvalue weighted by Gasteiger charge is -2.20. The minimum absolute atomic E-state index is 0.910. The van der Waals surface area contributed by atoms with Gasteiger partial charge in [0.05, 0.1) is 12.1 Å². The number of nitrogens with zero attached hydrogens (tertiary/aromatic N) is 2. The summed E-state index contributed by atoms with van der Waals surface area (Å²) < 4.78 is 11.4. The number of ether oxygens (including phenoxy) is 2. The molecule has 0 heterocycles. The Morgan fingerprint density at radius 1 is 0.783 bits per heavy atom. The first-order valence-electron chi connectivity index (χ1n) is 7.33. The molecule has 2 aliphatic carbocycles. The highest BCUT2D eigenvalue weighted by molar-refractivity contribution is 5.87. The zero-order valence-electron chi connectivity index (χ0n) is 12.8. The Morgan fingerprint density at radius 3 is 1.57 bits per heavy atom. The lowest BCUT2D eigenvalue weighted by Crippen LogP contribution is -2.28. The average molecular weight is 302 g/mol. The van der Waals surface area contributed by atoms with Gasteiger partial charge in [-0.1, -0.05) is 48.5 Å². The highest BCUT2D eigenvalue weighted by Crippen LogP contribution is 2.80. The standard InChI is InChI=1S/C19H14N2O2/c1-22-19(23-2)17(11-20,12-21)18(19)15-9-5-3-7-13(15)14-8-4-6-10-16(14)18/h3-10H,1-2H3. The minimum Gasteiger partial charge on any atom is -0.350 e. The number of nitriles is 2. The molecule has 0 atom stereocenters. The number of benzene rings is 2. The molecule has 1 spiro atoms. The maximum atomic E-state index is 9.90. The van der Waals surface area contributed by atoms with E-state index in [1.54, 1.807) is 0 Å². The minimum atomic E-state index is -1.42. The SMILES string of the molecule is COC1(OC)C(C#N)(C#N)C12c1ccccc1-c1ccccc12. The monoisotopic (exact) mass is 302 g/mol. The number of hydrogen-bond donors (Lipinski definition) is 0. The third kappa shape index (κ3) is 1.11. The van der Waals surface area contributed by atoms with Gasteiger partial charge >= 0.3 is 0 Å². The van der Waals surface area contributed by atoms with Crippen LogP contribution in [0.5, 0.6) is 0 Å². The zero-order chi connectivity index (χ0) is 16.3. The maximum absolute atomic E-state index is 9.90. The van der Waals surface area contributed by atoms with Crippen LogP contribution in [0.2, 0.25) is 0 Å². The normalized spacial score (nSPS) is 20.2. The molecule has 1 saturated carbocycles. The van der Waals surface area contributed by atoms with Crippen molar-refractivity contribution in [2.75, 3.05) is 14.2 Å². The van der Waals surface area contributed by atoms with Gasteiger partial charge < -0.3 is 9.47 Å². The first-order valence-corrected chi connectivity index (χ1v) is 7.33. The van der Waals surface area contributed by atoms with E-state index in [-0.39, 0.29) is 0 Å². The molecule has 112 valence electrons. The van der Waals surface area contributed by atoms with E-state index in [1.807, 2.05) is 48.5 Å². The van der Waals surface area contributed by atoms with Crippen LogP contribution in [0.15, 0.2) is 48.5 Å². The molecule has 4 heteroatoms. The van der Waals surface area contributed by atoms with Crippen molar-refractivity contribution < 1.29 is 9.47 Å². The van der Waals surface area contributed by atoms with Gasteiger partial charge in [-0.15, -0.1) is 0 Å². The Balaban J connectivity index is 2.18. The summed E-state index contributed by atoms with van der Waals surface area (Å²) in [6, 6.07) is 20.1. The zero-order valence-corrected chi connectivity index (χ0v) is 12.8. The molecule has 0 saturated heterocycles. The van der Waals surface area contributed by atoms with Gasteiger partial charge in [0.25, 0.3) is 0 Å². The molecule has 1 fully saturated rings. The van der Waals surface area contributed by atoms with Crippen LogP contribution in [-0.4, -0.2) is 20.0 Å². The van der Waals surface area contributed by atoms with Crippen LogP contribution in [-0.2, 0) is 14.9 Å². The second kappa shape index (κ2) is 4.20. The second-order valence-corrected chi connectivity index (χ2v) is 5.84.